The topological polar surface area (TPSA) is 32.3 Å². The van der Waals surface area contributed by atoms with E-state index in [2.05, 4.69) is 29.6 Å². The molecule has 18 heavy (non-hydrogen) atoms. The second-order valence-electron chi connectivity index (χ2n) is 4.53. The number of hydrogen-bond donors (Lipinski definition) is 1. The van der Waals surface area contributed by atoms with Crippen molar-refractivity contribution < 1.29 is 4.79 Å². The van der Waals surface area contributed by atoms with Gasteiger partial charge in [-0.2, -0.15) is 0 Å². The Morgan fingerprint density at radius 2 is 1.83 bits per heavy atom. The summed E-state index contributed by atoms with van der Waals surface area (Å²) < 4.78 is 0. The number of benzene rings is 2. The van der Waals surface area contributed by atoms with E-state index in [1.165, 1.54) is 10.8 Å². The largest absolute Gasteiger partial charge is 0.385 e. The van der Waals surface area contributed by atoms with Gasteiger partial charge in [0.1, 0.15) is 0 Å². The average Bonchev–Trinajstić information content (AvgIpc) is 2.38. The van der Waals surface area contributed by atoms with Crippen molar-refractivity contribution in [3.63, 3.8) is 0 Å². The third-order valence-corrected chi connectivity index (χ3v) is 2.92. The van der Waals surface area contributed by atoms with Gasteiger partial charge in [0.2, 0.25) is 5.91 Å². The molecule has 0 fully saturated rings. The van der Waals surface area contributed by atoms with Crippen LogP contribution in [0.15, 0.2) is 42.5 Å². The van der Waals surface area contributed by atoms with Gasteiger partial charge in [0.25, 0.3) is 0 Å². The van der Waals surface area contributed by atoms with Crippen LogP contribution in [-0.4, -0.2) is 31.4 Å². The van der Waals surface area contributed by atoms with E-state index >= 15 is 0 Å². The fraction of sp³-hybridized carbons (Fsp3) is 0.267. The molecule has 0 spiro atoms. The third-order valence-electron chi connectivity index (χ3n) is 2.92. The lowest BCUT2D eigenvalue weighted by Crippen LogP contribution is -2.23. The van der Waals surface area contributed by atoms with Crippen LogP contribution in [0.25, 0.3) is 10.8 Å². The fourth-order valence-corrected chi connectivity index (χ4v) is 1.84. The van der Waals surface area contributed by atoms with Gasteiger partial charge in [0.15, 0.2) is 0 Å². The quantitative estimate of drug-likeness (QED) is 0.894. The molecule has 2 aromatic carbocycles. The zero-order chi connectivity index (χ0) is 13.0. The maximum absolute atomic E-state index is 11.4. The van der Waals surface area contributed by atoms with E-state index in [9.17, 15) is 4.79 Å². The summed E-state index contributed by atoms with van der Waals surface area (Å²) in [7, 11) is 3.55. The molecule has 1 amide bonds. The Kier molecular flexibility index (Phi) is 3.82. The molecule has 0 aromatic heterocycles. The van der Waals surface area contributed by atoms with Crippen LogP contribution in [0.5, 0.6) is 0 Å². The van der Waals surface area contributed by atoms with Crippen molar-refractivity contribution >= 4 is 22.4 Å². The maximum Gasteiger partial charge on any atom is 0.223 e. The molecule has 1 N–H and O–H groups in total. The summed E-state index contributed by atoms with van der Waals surface area (Å²) in [6, 6.07) is 14.5. The zero-order valence-electron chi connectivity index (χ0n) is 10.8. The lowest BCUT2D eigenvalue weighted by atomic mass is 10.1. The van der Waals surface area contributed by atoms with Crippen LogP contribution in [-0.2, 0) is 4.79 Å². The minimum Gasteiger partial charge on any atom is -0.385 e. The van der Waals surface area contributed by atoms with Gasteiger partial charge in [-0.15, -0.1) is 0 Å². The zero-order valence-corrected chi connectivity index (χ0v) is 10.8. The Balaban J connectivity index is 1.98. The highest BCUT2D eigenvalue weighted by atomic mass is 16.2. The average molecular weight is 242 g/mol. The van der Waals surface area contributed by atoms with Gasteiger partial charge >= 0.3 is 0 Å². The summed E-state index contributed by atoms with van der Waals surface area (Å²) in [5.41, 5.74) is 1.06. The van der Waals surface area contributed by atoms with Crippen LogP contribution in [0.3, 0.4) is 0 Å². The van der Waals surface area contributed by atoms with Crippen molar-refractivity contribution in [1.82, 2.24) is 4.90 Å². The highest BCUT2D eigenvalue weighted by Gasteiger charge is 2.02. The van der Waals surface area contributed by atoms with Crippen molar-refractivity contribution in [2.45, 2.75) is 6.42 Å². The molecule has 0 bridgehead atoms. The number of fused-ring (bicyclic) bond motifs is 1. The number of amides is 1. The molecule has 0 aliphatic carbocycles. The molecule has 2 aromatic rings. The van der Waals surface area contributed by atoms with Crippen LogP contribution in [0.1, 0.15) is 6.42 Å². The lowest BCUT2D eigenvalue weighted by Gasteiger charge is -2.11. The highest BCUT2D eigenvalue weighted by Crippen LogP contribution is 2.18. The Morgan fingerprint density at radius 3 is 2.56 bits per heavy atom. The summed E-state index contributed by atoms with van der Waals surface area (Å²) in [5, 5.41) is 5.71. The first kappa shape index (κ1) is 12.4. The molecule has 0 aliphatic rings. The highest BCUT2D eigenvalue weighted by molar-refractivity contribution is 5.85. The van der Waals surface area contributed by atoms with E-state index in [0.717, 1.165) is 5.69 Å². The molecule has 2 rings (SSSR count). The Bertz CT molecular complexity index is 549. The number of nitrogens with one attached hydrogen (secondary N) is 1. The molecule has 0 radical (unpaired) electrons. The number of rotatable bonds is 4. The molecule has 0 aliphatic heterocycles. The van der Waals surface area contributed by atoms with Crippen LogP contribution >= 0.6 is 0 Å². The minimum atomic E-state index is 0.142. The van der Waals surface area contributed by atoms with E-state index in [1.54, 1.807) is 19.0 Å². The van der Waals surface area contributed by atoms with E-state index in [1.807, 2.05) is 18.2 Å². The molecule has 3 nitrogen and oxygen atoms in total. The first-order valence-electron chi connectivity index (χ1n) is 6.09. The van der Waals surface area contributed by atoms with Gasteiger partial charge < -0.3 is 10.2 Å². The predicted molar refractivity (Wildman–Crippen MR) is 75.7 cm³/mol. The molecule has 0 saturated carbocycles. The van der Waals surface area contributed by atoms with Gasteiger partial charge in [0.05, 0.1) is 0 Å². The second kappa shape index (κ2) is 5.54. The normalized spacial score (nSPS) is 10.3. The second-order valence-corrected chi connectivity index (χ2v) is 4.53. The van der Waals surface area contributed by atoms with Gasteiger partial charge in [0, 0.05) is 32.7 Å². The number of hydrogen-bond acceptors (Lipinski definition) is 2. The van der Waals surface area contributed by atoms with Crippen molar-refractivity contribution in [3.8, 4) is 0 Å². The van der Waals surface area contributed by atoms with Gasteiger partial charge in [-0.1, -0.05) is 30.3 Å². The van der Waals surface area contributed by atoms with Gasteiger partial charge in [-0.05, 0) is 22.9 Å². The number of nitrogens with zero attached hydrogens (tertiary/aromatic N) is 1. The number of carbonyl (C=O) groups is 1. The monoisotopic (exact) mass is 242 g/mol. The Hall–Kier alpha value is -2.03. The molecule has 94 valence electrons. The van der Waals surface area contributed by atoms with Crippen molar-refractivity contribution in [3.05, 3.63) is 42.5 Å². The summed E-state index contributed by atoms with van der Waals surface area (Å²) in [5.74, 6) is 0.142. The third kappa shape index (κ3) is 3.00. The van der Waals surface area contributed by atoms with Gasteiger partial charge in [-0.3, -0.25) is 4.79 Å². The van der Waals surface area contributed by atoms with Gasteiger partial charge in [-0.25, -0.2) is 0 Å². The molecule has 0 saturated heterocycles. The molecule has 0 unspecified atom stereocenters. The first-order chi connectivity index (χ1) is 8.66. The first-order valence-corrected chi connectivity index (χ1v) is 6.09. The van der Waals surface area contributed by atoms with E-state index in [4.69, 9.17) is 0 Å². The molecule has 3 heteroatoms. The maximum atomic E-state index is 11.4. The van der Waals surface area contributed by atoms with E-state index < -0.39 is 0 Å². The Morgan fingerprint density at radius 1 is 1.11 bits per heavy atom. The summed E-state index contributed by atoms with van der Waals surface area (Å²) >= 11 is 0. The fourth-order valence-electron chi connectivity index (χ4n) is 1.84. The minimum absolute atomic E-state index is 0.142. The summed E-state index contributed by atoms with van der Waals surface area (Å²) in [4.78, 5) is 13.0. The van der Waals surface area contributed by atoms with Crippen LogP contribution in [0, 0.1) is 0 Å². The lowest BCUT2D eigenvalue weighted by molar-refractivity contribution is -0.128. The molecular weight excluding hydrogens is 224 g/mol. The number of carbonyl (C=O) groups excluding carboxylic acids is 1. The van der Waals surface area contributed by atoms with E-state index in [-0.39, 0.29) is 5.91 Å². The smallest absolute Gasteiger partial charge is 0.223 e. The molecule has 0 atom stereocenters. The number of anilines is 1. The van der Waals surface area contributed by atoms with Crippen molar-refractivity contribution in [2.75, 3.05) is 26.0 Å². The van der Waals surface area contributed by atoms with Crippen molar-refractivity contribution in [1.29, 1.82) is 0 Å². The molecular formula is C15H18N2O. The van der Waals surface area contributed by atoms with Crippen LogP contribution in [0.2, 0.25) is 0 Å². The van der Waals surface area contributed by atoms with Crippen LogP contribution < -0.4 is 5.32 Å². The summed E-state index contributed by atoms with van der Waals surface area (Å²) in [6.45, 7) is 0.662. The Labute approximate surface area is 107 Å². The van der Waals surface area contributed by atoms with Crippen molar-refractivity contribution in [2.24, 2.45) is 0 Å². The van der Waals surface area contributed by atoms with E-state index in [0.29, 0.717) is 13.0 Å². The van der Waals surface area contributed by atoms with Crippen LogP contribution in [0.4, 0.5) is 5.69 Å². The summed E-state index contributed by atoms with van der Waals surface area (Å²) in [6.07, 6.45) is 0.514. The predicted octanol–water partition coefficient (Wildman–Crippen LogP) is 2.73. The molecule has 0 heterocycles. The SMILES string of the molecule is CN(C)C(=O)CCNc1ccc2ccccc2c1. The standard InChI is InChI=1S/C15H18N2O/c1-17(2)15(18)9-10-16-14-8-7-12-5-3-4-6-13(12)11-14/h3-8,11,16H,9-10H2,1-2H3.